The number of fused-ring (bicyclic) bond motifs is 12. The second kappa shape index (κ2) is 18.9. The van der Waals surface area contributed by atoms with Gasteiger partial charge in [0.25, 0.3) is 0 Å². The molecule has 3 aromatic heterocycles. The van der Waals surface area contributed by atoms with Crippen LogP contribution >= 0.6 is 0 Å². The van der Waals surface area contributed by atoms with Crippen LogP contribution in [-0.4, -0.2) is 24.9 Å². The predicted octanol–water partition coefficient (Wildman–Crippen LogP) is 18.0. The molecule has 79 heavy (non-hydrogen) atoms. The van der Waals surface area contributed by atoms with Gasteiger partial charge in [-0.15, -0.1) is 0 Å². The number of benzene rings is 10. The number of hydrogen-bond donors (Lipinski definition) is 0. The van der Waals surface area contributed by atoms with E-state index < -0.39 is 5.41 Å². The van der Waals surface area contributed by atoms with Gasteiger partial charge in [-0.25, -0.2) is 24.9 Å². The first kappa shape index (κ1) is 46.2. The minimum atomic E-state index is -0.715. The minimum Gasteiger partial charge on any atom is -0.457 e. The highest BCUT2D eigenvalue weighted by atomic mass is 16.5. The molecule has 4 heterocycles. The molecule has 15 rings (SSSR count). The van der Waals surface area contributed by atoms with Crippen LogP contribution in [0.25, 0.3) is 112 Å². The fourth-order valence-electron chi connectivity index (χ4n) is 12.1. The Bertz CT molecular complexity index is 4390. The lowest BCUT2D eigenvalue weighted by atomic mass is 9.65. The van der Waals surface area contributed by atoms with E-state index in [2.05, 4.69) is 153 Å². The van der Waals surface area contributed by atoms with E-state index in [0.29, 0.717) is 23.3 Å². The van der Waals surface area contributed by atoms with Gasteiger partial charge in [0.1, 0.15) is 22.7 Å². The first-order chi connectivity index (χ1) is 39.1. The van der Waals surface area contributed by atoms with Gasteiger partial charge < -0.3 is 9.15 Å². The zero-order chi connectivity index (χ0) is 52.4. The van der Waals surface area contributed by atoms with Crippen LogP contribution in [0.1, 0.15) is 47.6 Å². The maximum Gasteiger partial charge on any atom is 0.164 e. The summed E-state index contributed by atoms with van der Waals surface area (Å²) in [6, 6.07) is 85.1. The van der Waals surface area contributed by atoms with Crippen molar-refractivity contribution in [2.75, 3.05) is 0 Å². The third kappa shape index (κ3) is 7.76. The van der Waals surface area contributed by atoms with Gasteiger partial charge in [-0.2, -0.15) is 0 Å². The van der Waals surface area contributed by atoms with Crippen molar-refractivity contribution >= 4 is 21.9 Å². The molecule has 7 nitrogen and oxygen atoms in total. The van der Waals surface area contributed by atoms with Gasteiger partial charge in [0.2, 0.25) is 0 Å². The molecule has 374 valence electrons. The molecule has 1 aliphatic carbocycles. The molecule has 7 heteroatoms. The molecule has 1 spiro atoms. The van der Waals surface area contributed by atoms with Crippen LogP contribution in [-0.2, 0) is 11.8 Å². The monoisotopic (exact) mass is 1020 g/mol. The van der Waals surface area contributed by atoms with E-state index in [-0.39, 0.29) is 0 Å². The van der Waals surface area contributed by atoms with Gasteiger partial charge in [0.15, 0.2) is 23.3 Å². The van der Waals surface area contributed by atoms with Crippen molar-refractivity contribution in [1.29, 1.82) is 0 Å². The van der Waals surface area contributed by atoms with Crippen molar-refractivity contribution in [3.63, 3.8) is 0 Å². The van der Waals surface area contributed by atoms with E-state index >= 15 is 0 Å². The lowest BCUT2D eigenvalue weighted by Gasteiger charge is -2.39. The highest BCUT2D eigenvalue weighted by molar-refractivity contribution is 6.13. The number of rotatable bonds is 10. The van der Waals surface area contributed by atoms with E-state index in [4.69, 9.17) is 34.1 Å². The van der Waals surface area contributed by atoms with Gasteiger partial charge in [-0.05, 0) is 94.3 Å². The lowest BCUT2D eigenvalue weighted by molar-refractivity contribution is 0.436. The molecule has 10 aromatic carbocycles. The summed E-state index contributed by atoms with van der Waals surface area (Å²) >= 11 is 0. The van der Waals surface area contributed by atoms with Crippen molar-refractivity contribution in [2.24, 2.45) is 0 Å². The topological polar surface area (TPSA) is 86.8 Å². The van der Waals surface area contributed by atoms with Crippen molar-refractivity contribution in [1.82, 2.24) is 24.9 Å². The number of nitrogens with zero attached hydrogens (tertiary/aromatic N) is 5. The summed E-state index contributed by atoms with van der Waals surface area (Å²) in [5.41, 5.74) is 18.7. The Morgan fingerprint density at radius 1 is 0.354 bits per heavy atom. The SMILES string of the molecule is CCCCc1ccc2c(c1)[C@]1(c3ccccc3Oc3cc(-c4cc(-c5ccccc5)nc(-c5ccccc5)n4)ccc31)c1cc(-c3ccc4oc5cccc(-c6nc(-c7ccccc7)nc(-c7ccccc7)n6)c5c4c3)ccc1-2. The van der Waals surface area contributed by atoms with Gasteiger partial charge >= 0.3 is 0 Å². The Hall–Kier alpha value is -10.1. The van der Waals surface area contributed by atoms with Crippen molar-refractivity contribution in [3.05, 3.63) is 270 Å². The number of aromatic nitrogens is 5. The number of unbranched alkanes of at least 4 members (excludes halogenated alkanes) is 1. The maximum absolute atomic E-state index is 7.12. The fraction of sp³-hybridized carbons (Fsp3) is 0.0694. The maximum atomic E-state index is 7.12. The summed E-state index contributed by atoms with van der Waals surface area (Å²) in [6.45, 7) is 2.26. The van der Waals surface area contributed by atoms with Crippen LogP contribution in [0.15, 0.2) is 247 Å². The summed E-state index contributed by atoms with van der Waals surface area (Å²) < 4.78 is 13.8. The summed E-state index contributed by atoms with van der Waals surface area (Å²) in [5.74, 6) is 4.09. The first-order valence-electron chi connectivity index (χ1n) is 27.1. The standard InChI is InChI=1S/C72H49N5O2/c1-2-3-19-45-32-36-53-54-37-33-51(50-35-39-63-56(41-50)67-55(28-18-31-65(67)78-63)71-76-69(48-24-12-6-13-25-48)75-70(77-71)49-26-14-7-15-27-49)42-60(54)72(59(53)40-45)57-29-16-17-30-64(57)79-66-43-52(34-38-58(66)72)62-44-61(46-20-8-4-9-21-46)73-68(74-62)47-22-10-5-11-23-47/h4-18,20-44H,2-3,19H2,1H3/t72-/m1/s1. The normalized spacial score (nSPS) is 13.9. The zero-order valence-corrected chi connectivity index (χ0v) is 43.3. The highest BCUT2D eigenvalue weighted by Crippen LogP contribution is 2.63. The Labute approximate surface area is 457 Å². The summed E-state index contributed by atoms with van der Waals surface area (Å²) in [6.07, 6.45) is 3.23. The van der Waals surface area contributed by atoms with Crippen molar-refractivity contribution < 1.29 is 9.15 Å². The molecule has 2 aliphatic rings. The van der Waals surface area contributed by atoms with Crippen LogP contribution in [0.3, 0.4) is 0 Å². The van der Waals surface area contributed by atoms with E-state index in [9.17, 15) is 0 Å². The number of furan rings is 1. The molecule has 0 radical (unpaired) electrons. The number of aryl methyl sites for hydroxylation is 1. The molecule has 0 unspecified atom stereocenters. The van der Waals surface area contributed by atoms with Gasteiger partial charge in [0, 0.05) is 55.3 Å². The van der Waals surface area contributed by atoms with E-state index in [1.807, 2.05) is 97.1 Å². The molecule has 0 bridgehead atoms. The number of ether oxygens (including phenoxy) is 1. The van der Waals surface area contributed by atoms with E-state index in [0.717, 1.165) is 120 Å². The van der Waals surface area contributed by atoms with Crippen LogP contribution in [0.4, 0.5) is 0 Å². The predicted molar refractivity (Wildman–Crippen MR) is 317 cm³/mol. The average molecular weight is 1020 g/mol. The molecule has 13 aromatic rings. The number of hydrogen-bond acceptors (Lipinski definition) is 7. The molecule has 0 saturated heterocycles. The van der Waals surface area contributed by atoms with Crippen molar-refractivity contribution in [2.45, 2.75) is 31.6 Å². The van der Waals surface area contributed by atoms with Crippen LogP contribution in [0.2, 0.25) is 0 Å². The molecule has 0 saturated carbocycles. The Kier molecular flexibility index (Phi) is 11.0. The van der Waals surface area contributed by atoms with Gasteiger partial charge in [0.05, 0.1) is 16.8 Å². The second-order valence-electron chi connectivity index (χ2n) is 20.5. The highest BCUT2D eigenvalue weighted by Gasteiger charge is 2.51. The molecule has 0 fully saturated rings. The summed E-state index contributed by atoms with van der Waals surface area (Å²) in [5, 5.41) is 1.93. The van der Waals surface area contributed by atoms with E-state index in [1.54, 1.807) is 0 Å². The summed E-state index contributed by atoms with van der Waals surface area (Å²) in [4.78, 5) is 25.7. The molecular formula is C72H49N5O2. The molecule has 0 N–H and O–H groups in total. The first-order valence-corrected chi connectivity index (χ1v) is 27.1. The molecular weight excluding hydrogens is 967 g/mol. The van der Waals surface area contributed by atoms with E-state index in [1.165, 1.54) is 27.8 Å². The molecule has 1 atom stereocenters. The van der Waals surface area contributed by atoms with Crippen LogP contribution in [0.5, 0.6) is 11.5 Å². The van der Waals surface area contributed by atoms with Gasteiger partial charge in [-0.3, -0.25) is 0 Å². The Balaban J connectivity index is 0.913. The van der Waals surface area contributed by atoms with Crippen molar-refractivity contribution in [3.8, 4) is 102 Å². The third-order valence-corrected chi connectivity index (χ3v) is 15.8. The lowest BCUT2D eigenvalue weighted by Crippen LogP contribution is -2.32. The molecule has 0 amide bonds. The quantitative estimate of drug-likeness (QED) is 0.135. The number of para-hydroxylation sites is 1. The van der Waals surface area contributed by atoms with Gasteiger partial charge in [-0.1, -0.05) is 214 Å². The molecule has 1 aliphatic heterocycles. The second-order valence-corrected chi connectivity index (χ2v) is 20.5. The van der Waals surface area contributed by atoms with Crippen LogP contribution < -0.4 is 4.74 Å². The Morgan fingerprint density at radius 3 is 1.61 bits per heavy atom. The smallest absolute Gasteiger partial charge is 0.164 e. The zero-order valence-electron chi connectivity index (χ0n) is 43.3. The Morgan fingerprint density at radius 2 is 0.911 bits per heavy atom. The third-order valence-electron chi connectivity index (χ3n) is 15.8. The fourth-order valence-corrected chi connectivity index (χ4v) is 12.1. The summed E-state index contributed by atoms with van der Waals surface area (Å²) in [7, 11) is 0. The largest absolute Gasteiger partial charge is 0.457 e. The minimum absolute atomic E-state index is 0.579. The van der Waals surface area contributed by atoms with Crippen LogP contribution in [0, 0.1) is 0 Å². The average Bonchev–Trinajstić information content (AvgIpc) is 4.18.